The van der Waals surface area contributed by atoms with E-state index in [1.165, 1.54) is 52.4 Å². The lowest BCUT2D eigenvalue weighted by Crippen LogP contribution is -2.33. The Balaban J connectivity index is 2.11. The highest BCUT2D eigenvalue weighted by Crippen LogP contribution is 2.29. The number of carbonyl (C=O) groups is 2. The van der Waals surface area contributed by atoms with Crippen LogP contribution in [0, 0.1) is 0 Å². The number of aromatic nitrogens is 1. The Hall–Kier alpha value is -1.78. The highest BCUT2D eigenvalue weighted by Gasteiger charge is 2.23. The first-order valence-electron chi connectivity index (χ1n) is 8.14. The zero-order chi connectivity index (χ0) is 16.1. The second kappa shape index (κ2) is 7.47. The predicted octanol–water partition coefficient (Wildman–Crippen LogP) is 3.77. The van der Waals surface area contributed by atoms with Crippen LogP contribution in [-0.4, -0.2) is 21.5 Å². The first-order valence-corrected chi connectivity index (χ1v) is 8.14. The van der Waals surface area contributed by atoms with Crippen molar-refractivity contribution in [3.63, 3.8) is 0 Å². The molecular formula is C17H26N2O3. The highest BCUT2D eigenvalue weighted by atomic mass is 16.7. The van der Waals surface area contributed by atoms with Crippen LogP contribution in [0.3, 0.4) is 0 Å². The quantitative estimate of drug-likeness (QED) is 0.631. The van der Waals surface area contributed by atoms with E-state index in [4.69, 9.17) is 4.84 Å². The number of nitrogens with zero attached hydrogens (tertiary/aromatic N) is 2. The molecule has 1 amide bonds. The second-order valence-electron chi connectivity index (χ2n) is 6.14. The molecule has 122 valence electrons. The number of hydroxylamine groups is 2. The number of carbonyl (C=O) groups excluding carboxylic acids is 2. The molecule has 0 saturated heterocycles. The van der Waals surface area contributed by atoms with Crippen LogP contribution in [-0.2, 0) is 14.4 Å². The van der Waals surface area contributed by atoms with Gasteiger partial charge in [0.2, 0.25) is 0 Å². The maximum absolute atomic E-state index is 11.7. The summed E-state index contributed by atoms with van der Waals surface area (Å²) in [6.07, 6.45) is 11.8. The number of hydrogen-bond acceptors (Lipinski definition) is 3. The van der Waals surface area contributed by atoms with Gasteiger partial charge >= 0.3 is 5.97 Å². The molecule has 1 atom stereocenters. The topological polar surface area (TPSA) is 51.5 Å². The van der Waals surface area contributed by atoms with Crippen molar-refractivity contribution in [2.75, 3.05) is 0 Å². The van der Waals surface area contributed by atoms with Crippen molar-refractivity contribution >= 4 is 11.9 Å². The molecule has 1 heterocycles. The molecule has 0 bridgehead atoms. The number of amides is 1. The molecule has 5 nitrogen and oxygen atoms in total. The maximum Gasteiger partial charge on any atom is 0.329 e. The lowest BCUT2D eigenvalue weighted by molar-refractivity contribution is -0.203. The molecule has 0 radical (unpaired) electrons. The van der Waals surface area contributed by atoms with Crippen molar-refractivity contribution < 1.29 is 14.4 Å². The Labute approximate surface area is 132 Å². The second-order valence-corrected chi connectivity index (χ2v) is 6.14. The Morgan fingerprint density at radius 1 is 1.23 bits per heavy atom. The van der Waals surface area contributed by atoms with Crippen LogP contribution in [0.5, 0.6) is 0 Å². The first kappa shape index (κ1) is 16.6. The first-order chi connectivity index (χ1) is 10.5. The normalized spacial score (nSPS) is 17.6. The summed E-state index contributed by atoms with van der Waals surface area (Å²) in [5.41, 5.74) is 0.987. The van der Waals surface area contributed by atoms with E-state index in [2.05, 4.69) is 17.0 Å². The molecule has 22 heavy (non-hydrogen) atoms. The molecule has 1 aromatic rings. The summed E-state index contributed by atoms with van der Waals surface area (Å²) in [5, 5.41) is 1.15. The van der Waals surface area contributed by atoms with E-state index in [-0.39, 0.29) is 11.9 Å². The van der Waals surface area contributed by atoms with Gasteiger partial charge < -0.3 is 9.40 Å². The Kier molecular flexibility index (Phi) is 5.63. The molecule has 0 aliphatic heterocycles. The summed E-state index contributed by atoms with van der Waals surface area (Å²) in [4.78, 5) is 27.9. The van der Waals surface area contributed by atoms with E-state index in [1.54, 1.807) is 0 Å². The molecule has 2 rings (SSSR count). The third-order valence-electron chi connectivity index (χ3n) is 4.36. The van der Waals surface area contributed by atoms with Crippen molar-refractivity contribution in [3.8, 4) is 0 Å². The summed E-state index contributed by atoms with van der Waals surface area (Å²) < 4.78 is 2.25. The van der Waals surface area contributed by atoms with E-state index >= 15 is 0 Å². The smallest absolute Gasteiger partial charge is 0.329 e. The molecule has 5 heteroatoms. The average molecular weight is 306 g/mol. The van der Waals surface area contributed by atoms with Gasteiger partial charge in [-0.2, -0.15) is 5.06 Å². The van der Waals surface area contributed by atoms with Crippen LogP contribution in [0.15, 0.2) is 18.5 Å². The van der Waals surface area contributed by atoms with Gasteiger partial charge in [0.1, 0.15) is 0 Å². The van der Waals surface area contributed by atoms with Crippen molar-refractivity contribution in [3.05, 3.63) is 24.0 Å². The fraction of sp³-hybridized carbons (Fsp3) is 0.647. The van der Waals surface area contributed by atoms with Crippen LogP contribution >= 0.6 is 0 Å². The fourth-order valence-corrected chi connectivity index (χ4v) is 3.15. The third-order valence-corrected chi connectivity index (χ3v) is 4.36. The number of hydrogen-bond donors (Lipinski definition) is 0. The Morgan fingerprint density at radius 2 is 1.86 bits per heavy atom. The van der Waals surface area contributed by atoms with Crippen molar-refractivity contribution in [2.45, 2.75) is 71.4 Å². The van der Waals surface area contributed by atoms with Gasteiger partial charge in [-0.3, -0.25) is 9.59 Å². The molecule has 0 aromatic carbocycles. The summed E-state index contributed by atoms with van der Waals surface area (Å²) in [6, 6.07) is 2.27. The van der Waals surface area contributed by atoms with Crippen molar-refractivity contribution in [2.24, 2.45) is 0 Å². The van der Waals surface area contributed by atoms with Gasteiger partial charge in [0.15, 0.2) is 0 Å². The van der Waals surface area contributed by atoms with Gasteiger partial charge in [0.05, 0.1) is 6.04 Å². The number of rotatable bonds is 3. The van der Waals surface area contributed by atoms with Crippen LogP contribution in [0.25, 0.3) is 0 Å². The molecule has 1 fully saturated rings. The van der Waals surface area contributed by atoms with Crippen molar-refractivity contribution in [1.29, 1.82) is 0 Å². The molecule has 1 saturated carbocycles. The zero-order valence-corrected chi connectivity index (χ0v) is 13.7. The zero-order valence-electron chi connectivity index (χ0n) is 13.7. The Morgan fingerprint density at radius 3 is 2.41 bits per heavy atom. The minimum absolute atomic E-state index is 0.273. The van der Waals surface area contributed by atoms with Gasteiger partial charge in [0.25, 0.3) is 5.91 Å². The lowest BCUT2D eigenvalue weighted by Gasteiger charge is -2.25. The largest absolute Gasteiger partial charge is 0.351 e. The molecule has 0 spiro atoms. The molecular weight excluding hydrogens is 280 g/mol. The lowest BCUT2D eigenvalue weighted by atomic mass is 10.1. The summed E-state index contributed by atoms with van der Waals surface area (Å²) >= 11 is 0. The minimum atomic E-state index is -0.481. The van der Waals surface area contributed by atoms with E-state index in [0.29, 0.717) is 6.04 Å². The molecule has 1 aliphatic rings. The molecule has 1 aromatic heterocycles. The van der Waals surface area contributed by atoms with Gasteiger partial charge in [-0.15, -0.1) is 0 Å². The van der Waals surface area contributed by atoms with Gasteiger partial charge in [-0.25, -0.2) is 0 Å². The molecule has 0 N–H and O–H groups in total. The highest BCUT2D eigenvalue weighted by molar-refractivity contribution is 5.75. The van der Waals surface area contributed by atoms with Crippen molar-refractivity contribution in [1.82, 2.24) is 9.63 Å². The summed E-state index contributed by atoms with van der Waals surface area (Å²) in [7, 11) is 0. The summed E-state index contributed by atoms with van der Waals surface area (Å²) in [5.74, 6) is -0.754. The van der Waals surface area contributed by atoms with Gasteiger partial charge in [-0.1, -0.05) is 25.7 Å². The Bertz CT molecular complexity index is 516. The third kappa shape index (κ3) is 4.12. The SMILES string of the molecule is CC(=O)ON(C(C)=O)C(C)c1ccn(C2CCCCCC2)c1. The van der Waals surface area contributed by atoms with E-state index in [0.717, 1.165) is 10.6 Å². The monoisotopic (exact) mass is 306 g/mol. The average Bonchev–Trinajstić information content (AvgIpc) is 2.79. The molecule has 1 aliphatic carbocycles. The van der Waals surface area contributed by atoms with Gasteiger partial charge in [0, 0.05) is 32.3 Å². The predicted molar refractivity (Wildman–Crippen MR) is 83.9 cm³/mol. The standard InChI is InChI=1S/C17H26N2O3/c1-13(19(14(2)20)22-15(3)21)16-10-11-18(12-16)17-8-6-4-5-7-9-17/h10-13,17H,4-9H2,1-3H3. The fourth-order valence-electron chi connectivity index (χ4n) is 3.15. The van der Waals surface area contributed by atoms with Crippen LogP contribution < -0.4 is 0 Å². The summed E-state index contributed by atoms with van der Waals surface area (Å²) in [6.45, 7) is 4.58. The molecule has 1 unspecified atom stereocenters. The van der Waals surface area contributed by atoms with Crippen LogP contribution in [0.4, 0.5) is 0 Å². The van der Waals surface area contributed by atoms with E-state index < -0.39 is 5.97 Å². The van der Waals surface area contributed by atoms with Crippen LogP contribution in [0.1, 0.15) is 76.9 Å². The van der Waals surface area contributed by atoms with Crippen LogP contribution in [0.2, 0.25) is 0 Å². The van der Waals surface area contributed by atoms with E-state index in [1.807, 2.05) is 13.0 Å². The van der Waals surface area contributed by atoms with Gasteiger partial charge in [-0.05, 0) is 31.4 Å². The minimum Gasteiger partial charge on any atom is -0.351 e. The maximum atomic E-state index is 11.7. The van der Waals surface area contributed by atoms with E-state index in [9.17, 15) is 9.59 Å².